The van der Waals surface area contributed by atoms with Crippen LogP contribution < -0.4 is 0 Å². The first kappa shape index (κ1) is 16.6. The summed E-state index contributed by atoms with van der Waals surface area (Å²) in [5.41, 5.74) is 0. The molecule has 18 heavy (non-hydrogen) atoms. The number of hydrogen-bond donors (Lipinski definition) is 1. The van der Waals surface area contributed by atoms with Gasteiger partial charge in [-0.1, -0.05) is 34.6 Å². The predicted molar refractivity (Wildman–Crippen MR) is 69.1 cm³/mol. The van der Waals surface area contributed by atoms with Gasteiger partial charge >= 0.3 is 5.97 Å². The summed E-state index contributed by atoms with van der Waals surface area (Å²) in [7, 11) is 0. The number of carboxylic acid groups (broad SMARTS) is 1. The number of ketones is 2. The van der Waals surface area contributed by atoms with Crippen molar-refractivity contribution in [3.05, 3.63) is 12.2 Å². The molecular weight excluding hydrogens is 232 g/mol. The van der Waals surface area contributed by atoms with Crippen LogP contribution in [0.1, 0.15) is 34.6 Å². The molecule has 1 N–H and O–H groups in total. The first-order chi connectivity index (χ1) is 8.18. The molecule has 0 spiro atoms. The monoisotopic (exact) mass is 254 g/mol. The van der Waals surface area contributed by atoms with Gasteiger partial charge in [0, 0.05) is 5.92 Å². The summed E-state index contributed by atoms with van der Waals surface area (Å²) in [6.07, 6.45) is 2.30. The van der Waals surface area contributed by atoms with E-state index in [0.717, 1.165) is 6.08 Å². The van der Waals surface area contributed by atoms with E-state index >= 15 is 0 Å². The SMILES string of the molecule is CC(C)C(C)C(=O)C=CC(=O)C(C(=O)O)C(C)C. The maximum atomic E-state index is 11.7. The zero-order valence-electron chi connectivity index (χ0n) is 11.6. The van der Waals surface area contributed by atoms with E-state index in [2.05, 4.69) is 0 Å². The number of carbonyl (C=O) groups is 3. The van der Waals surface area contributed by atoms with Gasteiger partial charge in [0.25, 0.3) is 0 Å². The Balaban J connectivity index is 4.74. The molecule has 0 heterocycles. The quantitative estimate of drug-likeness (QED) is 0.559. The van der Waals surface area contributed by atoms with Gasteiger partial charge in [0.1, 0.15) is 5.92 Å². The molecule has 0 aromatic carbocycles. The van der Waals surface area contributed by atoms with Gasteiger partial charge in [-0.25, -0.2) is 0 Å². The summed E-state index contributed by atoms with van der Waals surface area (Å²) < 4.78 is 0. The second kappa shape index (κ2) is 7.09. The van der Waals surface area contributed by atoms with Crippen LogP contribution in [0.15, 0.2) is 12.2 Å². The molecule has 0 aromatic rings. The van der Waals surface area contributed by atoms with Crippen molar-refractivity contribution in [2.75, 3.05) is 0 Å². The van der Waals surface area contributed by atoms with Crippen LogP contribution in [-0.4, -0.2) is 22.6 Å². The number of aliphatic carboxylic acids is 1. The standard InChI is InChI=1S/C14H22O4/c1-8(2)10(5)11(15)6-7-12(16)13(9(3)4)14(17)18/h6-10,13H,1-5H3,(H,17,18). The fraction of sp³-hybridized carbons (Fsp3) is 0.643. The zero-order valence-corrected chi connectivity index (χ0v) is 11.6. The van der Waals surface area contributed by atoms with E-state index in [0.29, 0.717) is 0 Å². The Morgan fingerprint density at radius 3 is 1.61 bits per heavy atom. The maximum Gasteiger partial charge on any atom is 0.314 e. The molecule has 2 atom stereocenters. The Morgan fingerprint density at radius 2 is 1.28 bits per heavy atom. The van der Waals surface area contributed by atoms with Crippen LogP contribution in [0, 0.1) is 23.7 Å². The van der Waals surface area contributed by atoms with Crippen LogP contribution >= 0.6 is 0 Å². The Kier molecular flexibility index (Phi) is 6.52. The molecule has 4 nitrogen and oxygen atoms in total. The van der Waals surface area contributed by atoms with Crippen LogP contribution in [-0.2, 0) is 14.4 Å². The molecule has 0 saturated heterocycles. The molecule has 102 valence electrons. The lowest BCUT2D eigenvalue weighted by Gasteiger charge is -2.13. The highest BCUT2D eigenvalue weighted by Gasteiger charge is 2.27. The number of allylic oxidation sites excluding steroid dienone is 2. The summed E-state index contributed by atoms with van der Waals surface area (Å²) in [4.78, 5) is 34.3. The summed E-state index contributed by atoms with van der Waals surface area (Å²) in [6.45, 7) is 8.98. The second-order valence-electron chi connectivity index (χ2n) is 5.23. The number of carboxylic acids is 1. The molecule has 0 saturated carbocycles. The molecule has 2 unspecified atom stereocenters. The number of hydrogen-bond acceptors (Lipinski definition) is 3. The third-order valence-corrected chi connectivity index (χ3v) is 3.10. The molecule has 0 aromatic heterocycles. The summed E-state index contributed by atoms with van der Waals surface area (Å²) >= 11 is 0. The fourth-order valence-corrected chi connectivity index (χ4v) is 1.48. The van der Waals surface area contributed by atoms with Gasteiger partial charge < -0.3 is 5.11 Å². The van der Waals surface area contributed by atoms with E-state index in [1.807, 2.05) is 13.8 Å². The third-order valence-electron chi connectivity index (χ3n) is 3.10. The highest BCUT2D eigenvalue weighted by molar-refractivity contribution is 6.07. The lowest BCUT2D eigenvalue weighted by Crippen LogP contribution is -2.27. The Morgan fingerprint density at radius 1 is 0.833 bits per heavy atom. The lowest BCUT2D eigenvalue weighted by atomic mass is 9.90. The molecular formula is C14H22O4. The first-order valence-corrected chi connectivity index (χ1v) is 6.17. The van der Waals surface area contributed by atoms with Crippen LogP contribution in [0.2, 0.25) is 0 Å². The predicted octanol–water partition coefficient (Wildman–Crippen LogP) is 2.33. The summed E-state index contributed by atoms with van der Waals surface area (Å²) in [5.74, 6) is -3.17. The minimum atomic E-state index is -1.15. The highest BCUT2D eigenvalue weighted by atomic mass is 16.4. The van der Waals surface area contributed by atoms with E-state index in [1.165, 1.54) is 6.08 Å². The molecule has 0 rings (SSSR count). The molecule has 4 heteroatoms. The topological polar surface area (TPSA) is 71.4 Å². The van der Waals surface area contributed by atoms with Crippen molar-refractivity contribution >= 4 is 17.5 Å². The van der Waals surface area contributed by atoms with Gasteiger partial charge in [0.2, 0.25) is 0 Å². The van der Waals surface area contributed by atoms with E-state index in [-0.39, 0.29) is 23.5 Å². The van der Waals surface area contributed by atoms with Crippen molar-refractivity contribution in [1.82, 2.24) is 0 Å². The van der Waals surface area contributed by atoms with Crippen molar-refractivity contribution in [2.45, 2.75) is 34.6 Å². The minimum absolute atomic E-state index is 0.147. The van der Waals surface area contributed by atoms with E-state index in [9.17, 15) is 14.4 Å². The fourth-order valence-electron chi connectivity index (χ4n) is 1.48. The summed E-state index contributed by atoms with van der Waals surface area (Å²) in [6, 6.07) is 0. The summed E-state index contributed by atoms with van der Waals surface area (Å²) in [5, 5.41) is 8.94. The van der Waals surface area contributed by atoms with Crippen molar-refractivity contribution in [3.63, 3.8) is 0 Å². The van der Waals surface area contributed by atoms with Gasteiger partial charge in [0.15, 0.2) is 11.6 Å². The average molecular weight is 254 g/mol. The van der Waals surface area contributed by atoms with Crippen molar-refractivity contribution in [1.29, 1.82) is 0 Å². The third kappa shape index (κ3) is 4.82. The second-order valence-corrected chi connectivity index (χ2v) is 5.23. The molecule has 0 radical (unpaired) electrons. The van der Waals surface area contributed by atoms with Crippen LogP contribution in [0.5, 0.6) is 0 Å². The van der Waals surface area contributed by atoms with Crippen molar-refractivity contribution < 1.29 is 19.5 Å². The van der Waals surface area contributed by atoms with Gasteiger partial charge in [-0.2, -0.15) is 0 Å². The number of carbonyl (C=O) groups excluding carboxylic acids is 2. The van der Waals surface area contributed by atoms with Gasteiger partial charge in [-0.05, 0) is 24.0 Å². The first-order valence-electron chi connectivity index (χ1n) is 6.17. The maximum absolute atomic E-state index is 11.7. The smallest absolute Gasteiger partial charge is 0.314 e. The van der Waals surface area contributed by atoms with Crippen molar-refractivity contribution in [3.8, 4) is 0 Å². The molecule has 0 aliphatic carbocycles. The minimum Gasteiger partial charge on any atom is -0.481 e. The Bertz CT molecular complexity index is 353. The highest BCUT2D eigenvalue weighted by Crippen LogP contribution is 2.15. The zero-order chi connectivity index (χ0) is 14.5. The van der Waals surface area contributed by atoms with Gasteiger partial charge in [-0.3, -0.25) is 14.4 Å². The van der Waals surface area contributed by atoms with Crippen LogP contribution in [0.25, 0.3) is 0 Å². The Labute approximate surface area is 108 Å². The molecule has 0 aliphatic rings. The van der Waals surface area contributed by atoms with Gasteiger partial charge in [0.05, 0.1) is 0 Å². The van der Waals surface area contributed by atoms with Gasteiger partial charge in [-0.15, -0.1) is 0 Å². The molecule has 0 aliphatic heterocycles. The normalized spacial score (nSPS) is 15.1. The molecule has 0 amide bonds. The van der Waals surface area contributed by atoms with Crippen LogP contribution in [0.4, 0.5) is 0 Å². The van der Waals surface area contributed by atoms with E-state index < -0.39 is 17.7 Å². The van der Waals surface area contributed by atoms with E-state index in [1.54, 1.807) is 20.8 Å². The average Bonchev–Trinajstić information content (AvgIpc) is 2.23. The van der Waals surface area contributed by atoms with Crippen molar-refractivity contribution in [2.24, 2.45) is 23.7 Å². The number of rotatable bonds is 7. The molecule has 0 bridgehead atoms. The lowest BCUT2D eigenvalue weighted by molar-refractivity contribution is -0.146. The molecule has 0 fully saturated rings. The van der Waals surface area contributed by atoms with Crippen LogP contribution in [0.3, 0.4) is 0 Å². The largest absolute Gasteiger partial charge is 0.481 e. The van der Waals surface area contributed by atoms with E-state index in [4.69, 9.17) is 5.11 Å². The Hall–Kier alpha value is -1.45.